The van der Waals surface area contributed by atoms with Crippen LogP contribution in [0.3, 0.4) is 0 Å². The Morgan fingerprint density at radius 2 is 1.65 bits per heavy atom. The fourth-order valence-electron chi connectivity index (χ4n) is 3.00. The number of aryl methyl sites for hydroxylation is 2. The molecule has 0 saturated carbocycles. The van der Waals surface area contributed by atoms with Gasteiger partial charge in [0.05, 0.1) is 5.69 Å². The number of anilines is 1. The van der Waals surface area contributed by atoms with E-state index in [4.69, 9.17) is 0 Å². The topological polar surface area (TPSA) is 49.4 Å². The highest BCUT2D eigenvalue weighted by Crippen LogP contribution is 2.27. The molecule has 26 heavy (non-hydrogen) atoms. The number of nitrogens with zero attached hydrogens (tertiary/aromatic N) is 1. The van der Waals surface area contributed by atoms with Gasteiger partial charge in [0, 0.05) is 25.6 Å². The van der Waals surface area contributed by atoms with Crippen LogP contribution in [-0.4, -0.2) is 24.9 Å². The van der Waals surface area contributed by atoms with Crippen molar-refractivity contribution in [3.05, 3.63) is 65.0 Å². The van der Waals surface area contributed by atoms with Crippen LogP contribution in [0.2, 0.25) is 0 Å². The molecule has 0 aliphatic heterocycles. The molecule has 2 aromatic carbocycles. The third-order valence-electron chi connectivity index (χ3n) is 4.32. The molecular formula is C21H25FN2O2. The Morgan fingerprint density at radius 1 is 1.04 bits per heavy atom. The van der Waals surface area contributed by atoms with E-state index in [0.717, 1.165) is 29.7 Å². The van der Waals surface area contributed by atoms with Gasteiger partial charge in [0.25, 0.3) is 5.91 Å². The molecule has 1 N–H and O–H groups in total. The smallest absolute Gasteiger partial charge is 0.251 e. The van der Waals surface area contributed by atoms with E-state index in [-0.39, 0.29) is 23.9 Å². The molecular weight excluding hydrogens is 331 g/mol. The van der Waals surface area contributed by atoms with Gasteiger partial charge in [-0.15, -0.1) is 0 Å². The summed E-state index contributed by atoms with van der Waals surface area (Å²) in [5.74, 6) is -0.874. The zero-order valence-electron chi connectivity index (χ0n) is 15.5. The standard InChI is InChI=1S/C21H25FN2O2/c1-4-16-8-6-9-17(5-2)20(16)24(15(3)25)13-12-23-21(26)18-10-7-11-19(22)14-18/h6-11,14H,4-5,12-13H2,1-3H3,(H,23,26). The number of hydrogen-bond acceptors (Lipinski definition) is 2. The minimum absolute atomic E-state index is 0.0689. The number of nitrogens with one attached hydrogen (secondary N) is 1. The number of para-hydroxylation sites is 1. The van der Waals surface area contributed by atoms with Gasteiger partial charge in [-0.3, -0.25) is 9.59 Å². The summed E-state index contributed by atoms with van der Waals surface area (Å²) in [4.78, 5) is 26.1. The molecule has 0 fully saturated rings. The van der Waals surface area contributed by atoms with E-state index < -0.39 is 5.82 Å². The summed E-state index contributed by atoms with van der Waals surface area (Å²) in [6, 6.07) is 11.6. The molecule has 2 aromatic rings. The van der Waals surface area contributed by atoms with Crippen LogP contribution in [0.5, 0.6) is 0 Å². The van der Waals surface area contributed by atoms with Crippen molar-refractivity contribution in [2.45, 2.75) is 33.6 Å². The fraction of sp³-hybridized carbons (Fsp3) is 0.333. The van der Waals surface area contributed by atoms with Crippen LogP contribution in [0.15, 0.2) is 42.5 Å². The molecule has 138 valence electrons. The third kappa shape index (κ3) is 4.69. The number of rotatable bonds is 7. The first kappa shape index (κ1) is 19.6. The maximum atomic E-state index is 13.2. The average molecular weight is 356 g/mol. The third-order valence-corrected chi connectivity index (χ3v) is 4.32. The minimum atomic E-state index is -0.451. The van der Waals surface area contributed by atoms with Gasteiger partial charge in [0.1, 0.15) is 5.82 Å². The molecule has 0 atom stereocenters. The predicted molar refractivity (Wildman–Crippen MR) is 102 cm³/mol. The van der Waals surface area contributed by atoms with Crippen molar-refractivity contribution in [2.24, 2.45) is 0 Å². The van der Waals surface area contributed by atoms with Crippen molar-refractivity contribution in [3.8, 4) is 0 Å². The second kappa shape index (κ2) is 9.13. The normalized spacial score (nSPS) is 10.5. The van der Waals surface area contributed by atoms with E-state index in [0.29, 0.717) is 6.54 Å². The van der Waals surface area contributed by atoms with Crippen molar-refractivity contribution in [1.29, 1.82) is 0 Å². The summed E-state index contributed by atoms with van der Waals surface area (Å²) >= 11 is 0. The Hall–Kier alpha value is -2.69. The summed E-state index contributed by atoms with van der Waals surface area (Å²) in [6.07, 6.45) is 1.64. The van der Waals surface area contributed by atoms with Gasteiger partial charge in [0.15, 0.2) is 0 Å². The molecule has 0 heterocycles. The summed E-state index contributed by atoms with van der Waals surface area (Å²) in [7, 11) is 0. The largest absolute Gasteiger partial charge is 0.350 e. The molecule has 0 saturated heterocycles. The van der Waals surface area contributed by atoms with Crippen molar-refractivity contribution in [1.82, 2.24) is 5.32 Å². The molecule has 0 bridgehead atoms. The van der Waals surface area contributed by atoms with Crippen LogP contribution in [0, 0.1) is 5.82 Å². The van der Waals surface area contributed by atoms with Gasteiger partial charge >= 0.3 is 0 Å². The van der Waals surface area contributed by atoms with Gasteiger partial charge in [-0.2, -0.15) is 0 Å². The van der Waals surface area contributed by atoms with Gasteiger partial charge in [-0.25, -0.2) is 4.39 Å². The number of hydrogen-bond donors (Lipinski definition) is 1. The Kier molecular flexibility index (Phi) is 6.89. The van der Waals surface area contributed by atoms with E-state index in [9.17, 15) is 14.0 Å². The summed E-state index contributed by atoms with van der Waals surface area (Å²) in [6.45, 7) is 6.29. The Morgan fingerprint density at radius 3 is 2.19 bits per heavy atom. The predicted octanol–water partition coefficient (Wildman–Crippen LogP) is 3.73. The van der Waals surface area contributed by atoms with Crippen molar-refractivity contribution in [2.75, 3.05) is 18.0 Å². The highest BCUT2D eigenvalue weighted by atomic mass is 19.1. The lowest BCUT2D eigenvalue weighted by atomic mass is 10.0. The van der Waals surface area contributed by atoms with Crippen LogP contribution in [-0.2, 0) is 17.6 Å². The molecule has 2 rings (SSSR count). The quantitative estimate of drug-likeness (QED) is 0.822. The van der Waals surface area contributed by atoms with E-state index in [2.05, 4.69) is 19.2 Å². The molecule has 0 radical (unpaired) electrons. The highest BCUT2D eigenvalue weighted by molar-refractivity contribution is 5.95. The Balaban J connectivity index is 2.13. The van der Waals surface area contributed by atoms with E-state index in [1.807, 2.05) is 18.2 Å². The lowest BCUT2D eigenvalue weighted by Crippen LogP contribution is -2.38. The van der Waals surface area contributed by atoms with Crippen molar-refractivity contribution in [3.63, 3.8) is 0 Å². The van der Waals surface area contributed by atoms with Crippen molar-refractivity contribution >= 4 is 17.5 Å². The maximum Gasteiger partial charge on any atom is 0.251 e. The Labute approximate surface area is 154 Å². The number of carbonyl (C=O) groups excluding carboxylic acids is 2. The lowest BCUT2D eigenvalue weighted by Gasteiger charge is -2.26. The van der Waals surface area contributed by atoms with Gasteiger partial charge in [-0.05, 0) is 42.2 Å². The first-order valence-corrected chi connectivity index (χ1v) is 8.90. The molecule has 0 unspecified atom stereocenters. The second-order valence-electron chi connectivity index (χ2n) is 6.07. The van der Waals surface area contributed by atoms with Gasteiger partial charge in [0.2, 0.25) is 5.91 Å². The number of carbonyl (C=O) groups is 2. The van der Waals surface area contributed by atoms with E-state index in [1.165, 1.54) is 25.1 Å². The monoisotopic (exact) mass is 356 g/mol. The average Bonchev–Trinajstić information content (AvgIpc) is 2.64. The fourth-order valence-corrected chi connectivity index (χ4v) is 3.00. The van der Waals surface area contributed by atoms with E-state index in [1.54, 1.807) is 11.0 Å². The molecule has 0 aliphatic carbocycles. The summed E-state index contributed by atoms with van der Waals surface area (Å²) < 4.78 is 13.2. The number of benzene rings is 2. The minimum Gasteiger partial charge on any atom is -0.350 e. The molecule has 0 aromatic heterocycles. The molecule has 2 amide bonds. The van der Waals surface area contributed by atoms with E-state index >= 15 is 0 Å². The second-order valence-corrected chi connectivity index (χ2v) is 6.07. The zero-order chi connectivity index (χ0) is 19.1. The van der Waals surface area contributed by atoms with Gasteiger partial charge < -0.3 is 10.2 Å². The number of halogens is 1. The summed E-state index contributed by atoms with van der Waals surface area (Å²) in [5.41, 5.74) is 3.42. The van der Waals surface area contributed by atoms with Crippen LogP contribution in [0.4, 0.5) is 10.1 Å². The highest BCUT2D eigenvalue weighted by Gasteiger charge is 2.18. The molecule has 5 heteroatoms. The molecule has 0 aliphatic rings. The Bertz CT molecular complexity index is 767. The van der Waals surface area contributed by atoms with Gasteiger partial charge in [-0.1, -0.05) is 38.1 Å². The first-order chi connectivity index (χ1) is 12.5. The molecule has 4 nitrogen and oxygen atoms in total. The number of amides is 2. The van der Waals surface area contributed by atoms with Crippen LogP contribution in [0.25, 0.3) is 0 Å². The van der Waals surface area contributed by atoms with Crippen LogP contribution < -0.4 is 10.2 Å². The zero-order valence-corrected chi connectivity index (χ0v) is 15.5. The lowest BCUT2D eigenvalue weighted by molar-refractivity contribution is -0.116. The first-order valence-electron chi connectivity index (χ1n) is 8.90. The van der Waals surface area contributed by atoms with Crippen molar-refractivity contribution < 1.29 is 14.0 Å². The molecule has 0 spiro atoms. The maximum absolute atomic E-state index is 13.2. The summed E-state index contributed by atoms with van der Waals surface area (Å²) in [5, 5.41) is 2.76. The SMILES string of the molecule is CCc1cccc(CC)c1N(CCNC(=O)c1cccc(F)c1)C(C)=O. The van der Waals surface area contributed by atoms with Crippen LogP contribution in [0.1, 0.15) is 42.3 Å². The van der Waals surface area contributed by atoms with Crippen LogP contribution >= 0.6 is 0 Å².